The van der Waals surface area contributed by atoms with Crippen LogP contribution in [0, 0.1) is 6.92 Å². The Morgan fingerprint density at radius 3 is 2.72 bits per heavy atom. The average molecular weight is 240 g/mol. The maximum atomic E-state index is 4.54. The fourth-order valence-electron chi connectivity index (χ4n) is 2.43. The van der Waals surface area contributed by atoms with Gasteiger partial charge in [0.05, 0.1) is 23.6 Å². The normalized spacial score (nSPS) is 11.3. The third kappa shape index (κ3) is 1.61. The quantitative estimate of drug-likeness (QED) is 0.690. The Labute approximate surface area is 106 Å². The van der Waals surface area contributed by atoms with E-state index < -0.39 is 0 Å². The van der Waals surface area contributed by atoms with Gasteiger partial charge in [-0.1, -0.05) is 0 Å². The van der Waals surface area contributed by atoms with E-state index in [9.17, 15) is 0 Å². The second-order valence-electron chi connectivity index (χ2n) is 4.56. The van der Waals surface area contributed by atoms with E-state index in [1.165, 1.54) is 16.6 Å². The van der Waals surface area contributed by atoms with Crippen LogP contribution in [0.4, 0.5) is 0 Å². The Hall–Kier alpha value is -2.10. The van der Waals surface area contributed by atoms with Crippen LogP contribution in [0.25, 0.3) is 22.2 Å². The Balaban J connectivity index is 2.17. The first-order valence-electron chi connectivity index (χ1n) is 6.14. The van der Waals surface area contributed by atoms with Crippen LogP contribution in [0.5, 0.6) is 0 Å². The lowest BCUT2D eigenvalue weighted by Crippen LogP contribution is -1.95. The van der Waals surface area contributed by atoms with E-state index in [0.29, 0.717) is 0 Å². The number of hydrogen-bond donors (Lipinski definition) is 0. The second-order valence-corrected chi connectivity index (χ2v) is 4.56. The standard InChI is InChI=1S/C14H16N4/c1-4-18-10(2)5-11-6-13(15-8-14(11)18)12-7-16-17(3)9-12/h5-9H,4H2,1-3H3. The van der Waals surface area contributed by atoms with Crippen LogP contribution in [0.1, 0.15) is 12.6 Å². The van der Waals surface area contributed by atoms with E-state index >= 15 is 0 Å². The first-order chi connectivity index (χ1) is 8.69. The molecule has 4 heteroatoms. The highest BCUT2D eigenvalue weighted by molar-refractivity contribution is 5.84. The van der Waals surface area contributed by atoms with Crippen LogP contribution in [0.15, 0.2) is 30.7 Å². The molecule has 92 valence electrons. The molecule has 0 spiro atoms. The molecule has 3 aromatic rings. The summed E-state index contributed by atoms with van der Waals surface area (Å²) in [6.07, 6.45) is 5.78. The average Bonchev–Trinajstić information content (AvgIpc) is 2.90. The first kappa shape index (κ1) is 11.0. The minimum Gasteiger partial charge on any atom is -0.344 e. The molecular weight excluding hydrogens is 224 g/mol. The fraction of sp³-hybridized carbons (Fsp3) is 0.286. The Bertz CT molecular complexity index is 706. The SMILES string of the molecule is CCn1c(C)cc2cc(-c3cnn(C)c3)ncc21. The molecule has 0 saturated carbocycles. The molecule has 0 saturated heterocycles. The summed E-state index contributed by atoms with van der Waals surface area (Å²) in [5.41, 5.74) is 4.51. The molecule has 0 radical (unpaired) electrons. The summed E-state index contributed by atoms with van der Waals surface area (Å²) in [6, 6.07) is 4.34. The van der Waals surface area contributed by atoms with Gasteiger partial charge in [0, 0.05) is 36.4 Å². The Morgan fingerprint density at radius 2 is 2.06 bits per heavy atom. The number of hydrogen-bond acceptors (Lipinski definition) is 2. The van der Waals surface area contributed by atoms with Gasteiger partial charge in [0.15, 0.2) is 0 Å². The molecule has 18 heavy (non-hydrogen) atoms. The molecule has 0 aliphatic heterocycles. The van der Waals surface area contributed by atoms with Crippen molar-refractivity contribution < 1.29 is 0 Å². The summed E-state index contributed by atoms with van der Waals surface area (Å²) in [7, 11) is 1.92. The molecule has 0 unspecified atom stereocenters. The molecule has 0 aliphatic carbocycles. The van der Waals surface area contributed by atoms with Crippen molar-refractivity contribution in [2.24, 2.45) is 7.05 Å². The lowest BCUT2D eigenvalue weighted by molar-refractivity contribution is 0.767. The summed E-state index contributed by atoms with van der Waals surface area (Å²) >= 11 is 0. The monoisotopic (exact) mass is 240 g/mol. The van der Waals surface area contributed by atoms with E-state index in [1.807, 2.05) is 25.6 Å². The van der Waals surface area contributed by atoms with Crippen molar-refractivity contribution in [3.05, 3.63) is 36.4 Å². The smallest absolute Gasteiger partial charge is 0.0741 e. The Kier molecular flexibility index (Phi) is 2.44. The van der Waals surface area contributed by atoms with Crippen molar-refractivity contribution in [3.8, 4) is 11.3 Å². The molecule has 0 N–H and O–H groups in total. The van der Waals surface area contributed by atoms with Gasteiger partial charge in [-0.05, 0) is 26.0 Å². The van der Waals surface area contributed by atoms with Crippen molar-refractivity contribution in [2.75, 3.05) is 0 Å². The van der Waals surface area contributed by atoms with Crippen LogP contribution in [-0.4, -0.2) is 19.3 Å². The molecule has 4 nitrogen and oxygen atoms in total. The van der Waals surface area contributed by atoms with E-state index in [1.54, 1.807) is 4.68 Å². The zero-order valence-electron chi connectivity index (χ0n) is 10.9. The molecule has 3 heterocycles. The van der Waals surface area contributed by atoms with E-state index in [0.717, 1.165) is 17.8 Å². The summed E-state index contributed by atoms with van der Waals surface area (Å²) in [6.45, 7) is 5.26. The van der Waals surface area contributed by atoms with Gasteiger partial charge in [0.1, 0.15) is 0 Å². The summed E-state index contributed by atoms with van der Waals surface area (Å²) in [5, 5.41) is 5.42. The topological polar surface area (TPSA) is 35.6 Å². The number of rotatable bonds is 2. The third-order valence-corrected chi connectivity index (χ3v) is 3.31. The molecule has 3 rings (SSSR count). The molecule has 0 aromatic carbocycles. The fourth-order valence-corrected chi connectivity index (χ4v) is 2.43. The first-order valence-corrected chi connectivity index (χ1v) is 6.14. The van der Waals surface area contributed by atoms with Crippen molar-refractivity contribution >= 4 is 10.9 Å². The van der Waals surface area contributed by atoms with Crippen LogP contribution in [-0.2, 0) is 13.6 Å². The number of pyridine rings is 1. The molecule has 0 atom stereocenters. The molecule has 0 fully saturated rings. The lowest BCUT2D eigenvalue weighted by Gasteiger charge is -2.03. The zero-order chi connectivity index (χ0) is 12.7. The van der Waals surface area contributed by atoms with Gasteiger partial charge in [-0.3, -0.25) is 9.67 Å². The lowest BCUT2D eigenvalue weighted by atomic mass is 10.2. The van der Waals surface area contributed by atoms with Gasteiger partial charge in [0.2, 0.25) is 0 Å². The van der Waals surface area contributed by atoms with Crippen molar-refractivity contribution in [1.82, 2.24) is 19.3 Å². The minimum absolute atomic E-state index is 0.975. The number of aromatic nitrogens is 4. The molecule has 0 bridgehead atoms. The maximum absolute atomic E-state index is 4.54. The van der Waals surface area contributed by atoms with Crippen molar-refractivity contribution in [3.63, 3.8) is 0 Å². The van der Waals surface area contributed by atoms with E-state index in [4.69, 9.17) is 0 Å². The summed E-state index contributed by atoms with van der Waals surface area (Å²) in [4.78, 5) is 4.54. The van der Waals surface area contributed by atoms with Crippen LogP contribution < -0.4 is 0 Å². The zero-order valence-corrected chi connectivity index (χ0v) is 10.9. The van der Waals surface area contributed by atoms with Crippen molar-refractivity contribution in [1.29, 1.82) is 0 Å². The predicted octanol–water partition coefficient (Wildman–Crippen LogP) is 2.77. The molecule has 0 amide bonds. The maximum Gasteiger partial charge on any atom is 0.0741 e. The summed E-state index contributed by atoms with van der Waals surface area (Å²) < 4.78 is 4.07. The largest absolute Gasteiger partial charge is 0.344 e. The third-order valence-electron chi connectivity index (χ3n) is 3.31. The van der Waals surface area contributed by atoms with E-state index in [2.05, 4.69) is 40.6 Å². The molecule has 3 aromatic heterocycles. The number of nitrogens with zero attached hydrogens (tertiary/aromatic N) is 4. The van der Waals surface area contributed by atoms with Gasteiger partial charge in [0.25, 0.3) is 0 Å². The number of aryl methyl sites for hydroxylation is 3. The van der Waals surface area contributed by atoms with Gasteiger partial charge in [-0.2, -0.15) is 5.10 Å². The Morgan fingerprint density at radius 1 is 1.22 bits per heavy atom. The molecule has 0 aliphatic rings. The van der Waals surface area contributed by atoms with Crippen LogP contribution >= 0.6 is 0 Å². The highest BCUT2D eigenvalue weighted by atomic mass is 15.2. The van der Waals surface area contributed by atoms with Crippen LogP contribution in [0.2, 0.25) is 0 Å². The highest BCUT2D eigenvalue weighted by Crippen LogP contribution is 2.24. The number of fused-ring (bicyclic) bond motifs is 1. The second kappa shape index (κ2) is 3.98. The minimum atomic E-state index is 0.975. The van der Waals surface area contributed by atoms with Gasteiger partial charge in [-0.15, -0.1) is 0 Å². The van der Waals surface area contributed by atoms with Gasteiger partial charge >= 0.3 is 0 Å². The van der Waals surface area contributed by atoms with Gasteiger partial charge < -0.3 is 4.57 Å². The van der Waals surface area contributed by atoms with Crippen LogP contribution in [0.3, 0.4) is 0 Å². The highest BCUT2D eigenvalue weighted by Gasteiger charge is 2.08. The van der Waals surface area contributed by atoms with E-state index in [-0.39, 0.29) is 0 Å². The molecular formula is C14H16N4. The predicted molar refractivity (Wildman–Crippen MR) is 72.3 cm³/mol. The van der Waals surface area contributed by atoms with Gasteiger partial charge in [-0.25, -0.2) is 0 Å². The van der Waals surface area contributed by atoms with Crippen molar-refractivity contribution in [2.45, 2.75) is 20.4 Å². The summed E-state index contributed by atoms with van der Waals surface area (Å²) in [5.74, 6) is 0.